The van der Waals surface area contributed by atoms with E-state index in [-0.39, 0.29) is 36.2 Å². The maximum Gasteiger partial charge on any atom is 0.415 e. The summed E-state index contributed by atoms with van der Waals surface area (Å²) in [6.45, 7) is 16.5. The zero-order valence-electron chi connectivity index (χ0n) is 58.6. The van der Waals surface area contributed by atoms with Crippen molar-refractivity contribution < 1.29 is 28.6 Å². The van der Waals surface area contributed by atoms with Crippen molar-refractivity contribution in [3.8, 4) is 0 Å². The number of rotatable bonds is 7. The van der Waals surface area contributed by atoms with Crippen molar-refractivity contribution in [1.82, 2.24) is 49.5 Å². The number of hydrogen-bond acceptors (Lipinski definition) is 16. The van der Waals surface area contributed by atoms with Crippen LogP contribution in [0.25, 0.3) is 43.1 Å². The summed E-state index contributed by atoms with van der Waals surface area (Å²) in [7, 11) is 4.85. The Morgan fingerprint density at radius 2 is 0.970 bits per heavy atom. The van der Waals surface area contributed by atoms with Gasteiger partial charge in [-0.3, -0.25) is 39.4 Å². The number of pyridine rings is 2. The first-order valence-electron chi connectivity index (χ1n) is 32.9. The number of carbonyl (C=O) groups excluding carboxylic acids is 3. The summed E-state index contributed by atoms with van der Waals surface area (Å²) in [6, 6.07) is 29.7. The Bertz CT molecular complexity index is 4690. The minimum atomic E-state index is -0.725. The van der Waals surface area contributed by atoms with Crippen LogP contribution >= 0.6 is 43.5 Å². The maximum atomic E-state index is 13.1. The molecule has 4 N–H and O–H groups in total. The number of aromatic amines is 1. The van der Waals surface area contributed by atoms with Gasteiger partial charge in [0.15, 0.2) is 0 Å². The Morgan fingerprint density at radius 1 is 0.545 bits per heavy atom. The fourth-order valence-corrected chi connectivity index (χ4v) is 11.8. The number of aromatic nitrogens is 10. The normalized spacial score (nSPS) is 13.1. The predicted octanol–water partition coefficient (Wildman–Crippen LogP) is 16.4. The van der Waals surface area contributed by atoms with Gasteiger partial charge < -0.3 is 19.9 Å². The predicted molar refractivity (Wildman–Crippen MR) is 408 cm³/mol. The smallest absolute Gasteiger partial charge is 0.415 e. The van der Waals surface area contributed by atoms with Crippen molar-refractivity contribution in [1.29, 1.82) is 0 Å². The summed E-state index contributed by atoms with van der Waals surface area (Å²) >= 11 is 12.4. The molecular weight excluding hydrogens is 1440 g/mol. The third kappa shape index (κ3) is 25.1. The number of H-pyrrole nitrogens is 1. The average molecular weight is 1530 g/mol. The van der Waals surface area contributed by atoms with E-state index in [0.717, 1.165) is 37.0 Å². The van der Waals surface area contributed by atoms with Gasteiger partial charge in [0.05, 0.1) is 70.1 Å². The van der Waals surface area contributed by atoms with E-state index in [9.17, 15) is 33.6 Å². The second-order valence-electron chi connectivity index (χ2n) is 27.2. The van der Waals surface area contributed by atoms with E-state index in [4.69, 9.17) is 26.8 Å². The molecule has 0 spiro atoms. The molecule has 0 aliphatic heterocycles. The fourth-order valence-electron chi connectivity index (χ4n) is 10.9. The van der Waals surface area contributed by atoms with Crippen LogP contribution in [0.2, 0.25) is 0 Å². The lowest BCUT2D eigenvalue weighted by Gasteiger charge is -2.27. The minimum Gasteiger partial charge on any atom is -0.444 e. The van der Waals surface area contributed by atoms with Gasteiger partial charge in [-0.25, -0.2) is 33.5 Å². The number of ether oxygens (including phenoxy) is 3. The molecule has 0 bridgehead atoms. The number of primary amides is 1. The quantitative estimate of drug-likeness (QED) is 0.0987. The molecule has 4 aromatic carbocycles. The maximum absolute atomic E-state index is 13.1. The van der Waals surface area contributed by atoms with E-state index in [0.29, 0.717) is 55.5 Å². The molecule has 0 radical (unpaired) electrons. The summed E-state index contributed by atoms with van der Waals surface area (Å²) in [5.74, 6) is 1.85. The SMILES string of the molecule is C.CC(C)(C)OC(N)=O.ClCc1ccc(C2CCCCC2)cn1.Cn1ncc2cc(Br)ccc2c1=O.Cn1ncc2cc(N(Cc3ccc(C4CCCCC4)cn3)C(=O)OC(C)(C)C)ccc2c1=O.Cn1ncc2cc(NC(=O)OC(C)(C)C)ccc2c1=O.O=c1[nH]ncc2cc(Br)ccc12. The zero-order valence-corrected chi connectivity index (χ0v) is 62.5. The number of fused-ring (bicyclic) bond motifs is 4. The van der Waals surface area contributed by atoms with Gasteiger partial charge in [-0.2, -0.15) is 20.4 Å². The summed E-state index contributed by atoms with van der Waals surface area (Å²) in [5, 5.41) is 26.2. The van der Waals surface area contributed by atoms with Crippen molar-refractivity contribution in [2.75, 3.05) is 10.2 Å². The number of benzene rings is 4. The highest BCUT2D eigenvalue weighted by molar-refractivity contribution is 9.10. The van der Waals surface area contributed by atoms with Crippen LogP contribution in [0.4, 0.5) is 25.8 Å². The van der Waals surface area contributed by atoms with Crippen LogP contribution in [0.15, 0.2) is 162 Å². The molecule has 538 valence electrons. The minimum absolute atomic E-state index is 0. The molecule has 2 aliphatic rings. The van der Waals surface area contributed by atoms with Gasteiger partial charge >= 0.3 is 18.3 Å². The van der Waals surface area contributed by atoms with Crippen molar-refractivity contribution in [3.63, 3.8) is 0 Å². The number of carbonyl (C=O) groups is 3. The lowest BCUT2D eigenvalue weighted by Crippen LogP contribution is -2.36. The first-order chi connectivity index (χ1) is 47.2. The highest BCUT2D eigenvalue weighted by atomic mass is 79.9. The summed E-state index contributed by atoms with van der Waals surface area (Å²) < 4.78 is 21.2. The number of nitrogens with one attached hydrogen (secondary N) is 2. The molecule has 6 aromatic heterocycles. The number of hydrogen-bond donors (Lipinski definition) is 3. The number of alkyl halides is 1. The van der Waals surface area contributed by atoms with Crippen LogP contribution < -0.4 is 38.2 Å². The summed E-state index contributed by atoms with van der Waals surface area (Å²) in [4.78, 5) is 92.3. The van der Waals surface area contributed by atoms with E-state index < -0.39 is 35.1 Å². The number of nitrogens with two attached hydrogens (primary N) is 1. The Morgan fingerprint density at radius 3 is 1.41 bits per heavy atom. The van der Waals surface area contributed by atoms with E-state index in [1.165, 1.54) is 89.4 Å². The Kier molecular flexibility index (Phi) is 29.5. The molecule has 26 heteroatoms. The standard InChI is InChI=1S/C26H32N4O3.C14H17N3O3.C12H16ClN.C9H7BrN2O.C8H5BrN2O.C5H11NO2.CH4/c1-26(2,3)33-25(32)30(22-12-13-23-20(14-22)16-28-29(4)24(23)31)17-21-11-10-19(15-27-21)18-8-6-5-7-9-18;1-14(2,3)20-13(19)16-10-5-6-11-9(7-10)8-15-17(4)12(11)18;13-8-12-7-6-11(9-14-12)10-4-2-1-3-5-10;1-12-9(13)8-3-2-7(10)4-6(8)5-11-12;9-6-1-2-7-5(3-6)4-10-11-8(7)12;1-5(2,3)8-4(6)7;/h10-16,18H,5-9,17H2,1-4H3;5-8H,1-4H3,(H,16,19);6-7,9-10H,1-5,8H2;2-5H,1H3;1-4H,(H,11,12);1-3H3,(H2,6,7);1H4. The molecule has 0 atom stereocenters. The molecule has 6 heterocycles. The number of anilines is 2. The molecule has 2 aliphatic carbocycles. The summed E-state index contributed by atoms with van der Waals surface area (Å²) in [6.07, 6.45) is 21.9. The third-order valence-electron chi connectivity index (χ3n) is 15.7. The Labute approximate surface area is 609 Å². The molecule has 2 saturated carbocycles. The lowest BCUT2D eigenvalue weighted by atomic mass is 9.85. The number of aryl methyl sites for hydroxylation is 3. The highest BCUT2D eigenvalue weighted by Crippen LogP contribution is 2.34. The lowest BCUT2D eigenvalue weighted by molar-refractivity contribution is 0.0572. The monoisotopic (exact) mass is 1530 g/mol. The van der Waals surface area contributed by atoms with Gasteiger partial charge in [0.2, 0.25) is 0 Å². The third-order valence-corrected chi connectivity index (χ3v) is 17.0. The topological polar surface area (TPSA) is 296 Å². The molecule has 12 rings (SSSR count). The molecule has 101 heavy (non-hydrogen) atoms. The second-order valence-corrected chi connectivity index (χ2v) is 29.3. The molecule has 0 saturated heterocycles. The van der Waals surface area contributed by atoms with E-state index in [1.54, 1.807) is 141 Å². The van der Waals surface area contributed by atoms with Gasteiger partial charge in [-0.05, 0) is 196 Å². The van der Waals surface area contributed by atoms with Crippen LogP contribution in [-0.4, -0.2) is 84.6 Å². The van der Waals surface area contributed by atoms with E-state index in [2.05, 4.69) is 95.6 Å². The average Bonchev–Trinajstić information content (AvgIpc) is 0.807. The van der Waals surface area contributed by atoms with Crippen molar-refractivity contribution in [2.45, 2.75) is 175 Å². The Hall–Kier alpha value is -9.20. The van der Waals surface area contributed by atoms with Gasteiger partial charge in [0, 0.05) is 75.4 Å². The van der Waals surface area contributed by atoms with Crippen molar-refractivity contribution >= 4 is 116 Å². The molecular formula is C75H92Br2ClN13O10. The molecule has 0 unspecified atom stereocenters. The van der Waals surface area contributed by atoms with Crippen LogP contribution in [0.5, 0.6) is 0 Å². The van der Waals surface area contributed by atoms with E-state index >= 15 is 0 Å². The second kappa shape index (κ2) is 36.9. The van der Waals surface area contributed by atoms with Gasteiger partial charge in [-0.15, -0.1) is 11.6 Å². The van der Waals surface area contributed by atoms with Gasteiger partial charge in [0.25, 0.3) is 22.2 Å². The molecule has 3 amide bonds. The first-order valence-corrected chi connectivity index (χ1v) is 35.0. The largest absolute Gasteiger partial charge is 0.444 e. The van der Waals surface area contributed by atoms with Crippen molar-refractivity contribution in [2.24, 2.45) is 26.9 Å². The molecule has 2 fully saturated rings. The summed E-state index contributed by atoms with van der Waals surface area (Å²) in [5.41, 5.74) is 8.12. The van der Waals surface area contributed by atoms with Crippen LogP contribution in [-0.2, 0) is 47.8 Å². The number of nitrogens with zero attached hydrogens (tertiary/aromatic N) is 10. The van der Waals surface area contributed by atoms with Crippen LogP contribution in [0.3, 0.4) is 0 Å². The first kappa shape index (κ1) is 80.8. The highest BCUT2D eigenvalue weighted by Gasteiger charge is 2.26. The number of halogens is 3. The van der Waals surface area contributed by atoms with Crippen molar-refractivity contribution in [3.05, 3.63) is 207 Å². The fraction of sp³-hybridized carbons (Fsp3) is 0.400. The zero-order chi connectivity index (χ0) is 73.1. The van der Waals surface area contributed by atoms with E-state index in [1.807, 2.05) is 63.5 Å². The molecule has 10 aromatic rings. The van der Waals surface area contributed by atoms with Gasteiger partial charge in [0.1, 0.15) is 16.8 Å². The van der Waals surface area contributed by atoms with Crippen LogP contribution in [0, 0.1) is 0 Å². The molecule has 23 nitrogen and oxygen atoms in total. The Balaban J connectivity index is 0.000000203. The number of amides is 3. The van der Waals surface area contributed by atoms with Crippen LogP contribution in [0.1, 0.15) is 168 Å². The van der Waals surface area contributed by atoms with Gasteiger partial charge in [-0.1, -0.05) is 89.9 Å².